The van der Waals surface area contributed by atoms with E-state index < -0.39 is 10.0 Å². The second-order valence-electron chi connectivity index (χ2n) is 5.70. The van der Waals surface area contributed by atoms with Crippen LogP contribution in [0.5, 0.6) is 0 Å². The van der Waals surface area contributed by atoms with Gasteiger partial charge < -0.3 is 16.0 Å². The number of nitrogen functional groups attached to an aromatic ring is 1. The van der Waals surface area contributed by atoms with Crippen LogP contribution in [0.1, 0.15) is 5.56 Å². The molecule has 1 aliphatic rings. The van der Waals surface area contributed by atoms with Crippen molar-refractivity contribution in [2.75, 3.05) is 28.2 Å². The molecule has 1 aliphatic heterocycles. The number of anilines is 4. The van der Waals surface area contributed by atoms with Crippen molar-refractivity contribution < 1.29 is 8.42 Å². The van der Waals surface area contributed by atoms with Crippen molar-refractivity contribution in [3.8, 4) is 0 Å². The predicted molar refractivity (Wildman–Crippen MR) is 93.9 cm³/mol. The normalized spacial score (nSPS) is 14.1. The van der Waals surface area contributed by atoms with E-state index in [0.29, 0.717) is 41.8 Å². The zero-order valence-electron chi connectivity index (χ0n) is 12.9. The van der Waals surface area contributed by atoms with Gasteiger partial charge in [-0.1, -0.05) is 12.1 Å². The number of sulfonamides is 1. The molecular formula is C15H16N6O2S. The van der Waals surface area contributed by atoms with Crippen LogP contribution in [-0.4, -0.2) is 36.2 Å². The maximum atomic E-state index is 12.0. The van der Waals surface area contributed by atoms with Crippen molar-refractivity contribution in [2.24, 2.45) is 0 Å². The van der Waals surface area contributed by atoms with Crippen molar-refractivity contribution in [2.45, 2.75) is 6.42 Å². The van der Waals surface area contributed by atoms with Gasteiger partial charge in [0.15, 0.2) is 0 Å². The van der Waals surface area contributed by atoms with Crippen LogP contribution in [-0.2, 0) is 16.4 Å². The molecule has 0 saturated heterocycles. The molecule has 0 radical (unpaired) electrons. The second-order valence-corrected chi connectivity index (χ2v) is 7.60. The molecule has 8 nitrogen and oxygen atoms in total. The van der Waals surface area contributed by atoms with E-state index in [-0.39, 0.29) is 0 Å². The van der Waals surface area contributed by atoms with Crippen LogP contribution in [0.2, 0.25) is 0 Å². The standard InChI is InChI=1S/C15H16N6O2S/c1-24(22,23)21-8-6-9-3-2-4-11(12(9)21)18-15-19-13(16)10-5-7-17-14(10)20-15/h2-5,7H,6,8H2,1H3,(H4,16,17,18,19,20). The molecule has 4 rings (SSSR count). The van der Waals surface area contributed by atoms with Crippen molar-refractivity contribution in [1.29, 1.82) is 0 Å². The van der Waals surface area contributed by atoms with Gasteiger partial charge in [-0.15, -0.1) is 0 Å². The summed E-state index contributed by atoms with van der Waals surface area (Å²) in [6.07, 6.45) is 3.63. The molecule has 1 aromatic carbocycles. The number of benzene rings is 1. The van der Waals surface area contributed by atoms with Crippen molar-refractivity contribution >= 4 is 44.2 Å². The van der Waals surface area contributed by atoms with Crippen LogP contribution in [0.15, 0.2) is 30.5 Å². The van der Waals surface area contributed by atoms with Gasteiger partial charge in [-0.05, 0) is 24.1 Å². The molecule has 0 saturated carbocycles. The van der Waals surface area contributed by atoms with E-state index in [9.17, 15) is 8.42 Å². The number of fused-ring (bicyclic) bond motifs is 2. The Balaban J connectivity index is 1.79. The number of hydrogen-bond acceptors (Lipinski definition) is 6. The number of nitrogens with one attached hydrogen (secondary N) is 2. The van der Waals surface area contributed by atoms with E-state index in [1.54, 1.807) is 18.3 Å². The number of rotatable bonds is 3. The van der Waals surface area contributed by atoms with Gasteiger partial charge in [-0.2, -0.15) is 9.97 Å². The quantitative estimate of drug-likeness (QED) is 0.664. The SMILES string of the molecule is CS(=O)(=O)N1CCc2cccc(Nc3nc(N)c4cc[nH]c4n3)c21. The van der Waals surface area contributed by atoms with Crippen LogP contribution in [0, 0.1) is 0 Å². The molecular weight excluding hydrogens is 328 g/mol. The highest BCUT2D eigenvalue weighted by atomic mass is 32.2. The van der Waals surface area contributed by atoms with Crippen LogP contribution >= 0.6 is 0 Å². The van der Waals surface area contributed by atoms with Gasteiger partial charge >= 0.3 is 0 Å². The summed E-state index contributed by atoms with van der Waals surface area (Å²) in [4.78, 5) is 11.6. The number of nitrogens with two attached hydrogens (primary N) is 1. The molecule has 0 unspecified atom stereocenters. The molecule has 0 spiro atoms. The summed E-state index contributed by atoms with van der Waals surface area (Å²) >= 11 is 0. The Bertz CT molecular complexity index is 1040. The summed E-state index contributed by atoms with van der Waals surface area (Å²) in [7, 11) is -3.34. The van der Waals surface area contributed by atoms with Gasteiger partial charge in [0.2, 0.25) is 16.0 Å². The van der Waals surface area contributed by atoms with E-state index in [4.69, 9.17) is 5.73 Å². The highest BCUT2D eigenvalue weighted by Gasteiger charge is 2.29. The van der Waals surface area contributed by atoms with Crippen LogP contribution in [0.3, 0.4) is 0 Å². The number of nitrogens with zero attached hydrogens (tertiary/aromatic N) is 3. The average molecular weight is 344 g/mol. The molecule has 124 valence electrons. The third kappa shape index (κ3) is 2.33. The molecule has 0 amide bonds. The van der Waals surface area contributed by atoms with Gasteiger partial charge in [0.1, 0.15) is 11.5 Å². The zero-order chi connectivity index (χ0) is 16.9. The minimum Gasteiger partial charge on any atom is -0.383 e. The summed E-state index contributed by atoms with van der Waals surface area (Å²) in [5.74, 6) is 0.674. The number of hydrogen-bond donors (Lipinski definition) is 3. The fourth-order valence-corrected chi connectivity index (χ4v) is 3.97. The van der Waals surface area contributed by atoms with Gasteiger partial charge in [0.25, 0.3) is 0 Å². The largest absolute Gasteiger partial charge is 0.383 e. The van der Waals surface area contributed by atoms with E-state index in [1.807, 2.05) is 12.1 Å². The predicted octanol–water partition coefficient (Wildman–Crippen LogP) is 1.61. The van der Waals surface area contributed by atoms with Crippen molar-refractivity contribution in [3.63, 3.8) is 0 Å². The smallest absolute Gasteiger partial charge is 0.232 e. The van der Waals surface area contributed by atoms with E-state index in [2.05, 4.69) is 20.3 Å². The molecule has 0 aliphatic carbocycles. The Kier molecular flexibility index (Phi) is 3.14. The molecule has 3 heterocycles. The third-order valence-corrected chi connectivity index (χ3v) is 5.21. The highest BCUT2D eigenvalue weighted by molar-refractivity contribution is 7.92. The Morgan fingerprint density at radius 2 is 2.12 bits per heavy atom. The molecule has 24 heavy (non-hydrogen) atoms. The number of aromatic amines is 1. The fourth-order valence-electron chi connectivity index (χ4n) is 3.00. The molecule has 3 aromatic rings. The first-order valence-corrected chi connectivity index (χ1v) is 9.25. The highest BCUT2D eigenvalue weighted by Crippen LogP contribution is 2.38. The first kappa shape index (κ1) is 14.8. The zero-order valence-corrected chi connectivity index (χ0v) is 13.8. The molecule has 0 bridgehead atoms. The Morgan fingerprint density at radius 1 is 1.29 bits per heavy atom. The van der Waals surface area contributed by atoms with Gasteiger partial charge in [-0.25, -0.2) is 8.42 Å². The topological polar surface area (TPSA) is 117 Å². The monoisotopic (exact) mass is 344 g/mol. The summed E-state index contributed by atoms with van der Waals surface area (Å²) < 4.78 is 25.5. The molecule has 2 aromatic heterocycles. The summed E-state index contributed by atoms with van der Waals surface area (Å²) in [5.41, 5.74) is 8.83. The van der Waals surface area contributed by atoms with Gasteiger partial charge in [-0.3, -0.25) is 4.31 Å². The second kappa shape index (κ2) is 5.10. The van der Waals surface area contributed by atoms with Gasteiger partial charge in [0.05, 0.1) is 23.0 Å². The Hall–Kier alpha value is -2.81. The lowest BCUT2D eigenvalue weighted by Gasteiger charge is -2.20. The molecule has 9 heteroatoms. The number of aromatic nitrogens is 3. The summed E-state index contributed by atoms with van der Waals surface area (Å²) in [6, 6.07) is 7.42. The first-order chi connectivity index (χ1) is 11.4. The van der Waals surface area contributed by atoms with E-state index >= 15 is 0 Å². The minimum atomic E-state index is -3.34. The Morgan fingerprint density at radius 3 is 2.92 bits per heavy atom. The van der Waals surface area contributed by atoms with Gasteiger partial charge in [0, 0.05) is 12.7 Å². The minimum absolute atomic E-state index is 0.316. The lowest BCUT2D eigenvalue weighted by Crippen LogP contribution is -2.28. The molecule has 0 fully saturated rings. The maximum absolute atomic E-state index is 12.0. The lowest BCUT2D eigenvalue weighted by molar-refractivity contribution is 0.598. The van der Waals surface area contributed by atoms with Crippen LogP contribution in [0.4, 0.5) is 23.1 Å². The maximum Gasteiger partial charge on any atom is 0.232 e. The van der Waals surface area contributed by atoms with Crippen LogP contribution < -0.4 is 15.4 Å². The first-order valence-electron chi connectivity index (χ1n) is 7.41. The van der Waals surface area contributed by atoms with Crippen molar-refractivity contribution in [3.05, 3.63) is 36.0 Å². The number of H-pyrrole nitrogens is 1. The Labute approximate surface area is 138 Å². The average Bonchev–Trinajstić information content (AvgIpc) is 3.13. The molecule has 0 atom stereocenters. The van der Waals surface area contributed by atoms with E-state index in [1.165, 1.54) is 10.6 Å². The number of para-hydroxylation sites is 1. The molecule has 4 N–H and O–H groups in total. The third-order valence-electron chi connectivity index (χ3n) is 4.05. The summed E-state index contributed by atoms with van der Waals surface area (Å²) in [5, 5.41) is 3.85. The van der Waals surface area contributed by atoms with Crippen LogP contribution in [0.25, 0.3) is 11.0 Å². The van der Waals surface area contributed by atoms with E-state index in [0.717, 1.165) is 10.9 Å². The fraction of sp³-hybridized carbons (Fsp3) is 0.200. The summed E-state index contributed by atoms with van der Waals surface area (Å²) in [6.45, 7) is 0.436. The van der Waals surface area contributed by atoms with Crippen molar-refractivity contribution in [1.82, 2.24) is 15.0 Å². The lowest BCUT2D eigenvalue weighted by atomic mass is 10.1.